The molecule has 3 amide bonds. The van der Waals surface area contributed by atoms with Crippen molar-refractivity contribution in [3.05, 3.63) is 36.2 Å². The maximum absolute atomic E-state index is 13.3. The Morgan fingerprint density at radius 1 is 1.23 bits per heavy atom. The van der Waals surface area contributed by atoms with Gasteiger partial charge in [0.15, 0.2) is 0 Å². The molecular formula is C26H35N7O2. The van der Waals surface area contributed by atoms with Crippen LogP contribution in [0.25, 0.3) is 11.0 Å². The second-order valence-electron chi connectivity index (χ2n) is 10.2. The average Bonchev–Trinajstić information content (AvgIpc) is 3.35. The fraction of sp³-hybridized carbons (Fsp3) is 0.538. The number of nitrogens with one attached hydrogen (secondary N) is 2. The molecule has 3 atom stereocenters. The number of carbonyl (C=O) groups is 2. The molecule has 2 aliphatic heterocycles. The molecule has 1 aliphatic carbocycles. The van der Waals surface area contributed by atoms with Crippen LogP contribution in [0.3, 0.4) is 0 Å². The molecule has 2 fully saturated rings. The molecule has 2 aromatic rings. The Morgan fingerprint density at radius 3 is 2.91 bits per heavy atom. The Kier molecular flexibility index (Phi) is 6.60. The number of imidazole rings is 1. The van der Waals surface area contributed by atoms with E-state index in [-0.39, 0.29) is 30.4 Å². The van der Waals surface area contributed by atoms with Crippen LogP contribution in [0.15, 0.2) is 41.2 Å². The molecule has 0 bridgehead atoms. The molecule has 0 spiro atoms. The fourth-order valence-corrected chi connectivity index (χ4v) is 5.68. The number of aromatic nitrogens is 2. The van der Waals surface area contributed by atoms with E-state index in [9.17, 15) is 9.59 Å². The van der Waals surface area contributed by atoms with Crippen LogP contribution in [-0.4, -0.2) is 83.4 Å². The van der Waals surface area contributed by atoms with Crippen molar-refractivity contribution in [3.8, 4) is 0 Å². The maximum Gasteiger partial charge on any atom is 0.327 e. The first-order valence-electron chi connectivity index (χ1n) is 12.6. The van der Waals surface area contributed by atoms with Gasteiger partial charge in [-0.2, -0.15) is 0 Å². The normalized spacial score (nSPS) is 27.3. The van der Waals surface area contributed by atoms with Crippen LogP contribution < -0.4 is 10.2 Å². The SMILES string of the molecule is CC1=CC(C)C(C2C(=NCC(=O)N3CCCN(C)CC3)NC(=O)N2c2ccc3nc[nH]c3c2)CC1. The van der Waals surface area contributed by atoms with Gasteiger partial charge in [-0.15, -0.1) is 0 Å². The highest BCUT2D eigenvalue weighted by Crippen LogP contribution is 2.37. The highest BCUT2D eigenvalue weighted by Gasteiger charge is 2.44. The van der Waals surface area contributed by atoms with Crippen molar-refractivity contribution in [1.29, 1.82) is 0 Å². The zero-order valence-electron chi connectivity index (χ0n) is 20.8. The molecule has 0 saturated carbocycles. The predicted octanol–water partition coefficient (Wildman–Crippen LogP) is 3.02. The molecule has 9 heteroatoms. The number of hydrogen-bond acceptors (Lipinski definition) is 5. The van der Waals surface area contributed by atoms with Gasteiger partial charge in [0.1, 0.15) is 12.4 Å². The van der Waals surface area contributed by atoms with Crippen LogP contribution in [0, 0.1) is 11.8 Å². The summed E-state index contributed by atoms with van der Waals surface area (Å²) < 4.78 is 0. The number of rotatable bonds is 4. The van der Waals surface area contributed by atoms with Crippen LogP contribution in [0.2, 0.25) is 0 Å². The minimum absolute atomic E-state index is 0.0190. The van der Waals surface area contributed by atoms with Gasteiger partial charge in [-0.3, -0.25) is 20.0 Å². The largest absolute Gasteiger partial charge is 0.345 e. The summed E-state index contributed by atoms with van der Waals surface area (Å²) in [5, 5.41) is 3.01. The van der Waals surface area contributed by atoms with Crippen molar-refractivity contribution in [2.75, 3.05) is 44.7 Å². The molecule has 1 aromatic carbocycles. The number of amides is 3. The number of H-pyrrole nitrogens is 1. The van der Waals surface area contributed by atoms with Crippen molar-refractivity contribution < 1.29 is 9.59 Å². The fourth-order valence-electron chi connectivity index (χ4n) is 5.68. The lowest BCUT2D eigenvalue weighted by atomic mass is 9.77. The molecular weight excluding hydrogens is 442 g/mol. The van der Waals surface area contributed by atoms with Crippen molar-refractivity contribution in [2.24, 2.45) is 16.8 Å². The van der Waals surface area contributed by atoms with Gasteiger partial charge >= 0.3 is 6.03 Å². The van der Waals surface area contributed by atoms with E-state index in [0.717, 1.165) is 62.2 Å². The lowest BCUT2D eigenvalue weighted by Crippen LogP contribution is -2.44. The lowest BCUT2D eigenvalue weighted by molar-refractivity contribution is -0.129. The molecule has 3 unspecified atom stereocenters. The molecule has 35 heavy (non-hydrogen) atoms. The van der Waals surface area contributed by atoms with Gasteiger partial charge in [-0.05, 0) is 69.8 Å². The first kappa shape index (κ1) is 23.5. The van der Waals surface area contributed by atoms with Crippen molar-refractivity contribution >= 4 is 34.5 Å². The molecule has 3 heterocycles. The van der Waals surface area contributed by atoms with E-state index in [1.54, 1.807) is 6.33 Å². The van der Waals surface area contributed by atoms with Crippen LogP contribution in [0.1, 0.15) is 33.1 Å². The molecule has 5 rings (SSSR count). The highest BCUT2D eigenvalue weighted by molar-refractivity contribution is 6.17. The Balaban J connectivity index is 1.44. The van der Waals surface area contributed by atoms with Crippen molar-refractivity contribution in [2.45, 2.75) is 39.2 Å². The minimum atomic E-state index is -0.245. The number of amidine groups is 1. The van der Waals surface area contributed by atoms with Crippen molar-refractivity contribution in [3.63, 3.8) is 0 Å². The number of carbonyl (C=O) groups excluding carboxylic acids is 2. The Labute approximate surface area is 206 Å². The molecule has 2 N–H and O–H groups in total. The monoisotopic (exact) mass is 477 g/mol. The molecule has 1 aromatic heterocycles. The van der Waals surface area contributed by atoms with Gasteiger partial charge < -0.3 is 14.8 Å². The third-order valence-corrected chi connectivity index (χ3v) is 7.65. The Bertz CT molecular complexity index is 1170. The number of aromatic amines is 1. The van der Waals surface area contributed by atoms with Crippen molar-refractivity contribution in [1.82, 2.24) is 25.1 Å². The third kappa shape index (κ3) is 4.82. The summed E-state index contributed by atoms with van der Waals surface area (Å²) in [5.74, 6) is 1.12. The molecule has 0 radical (unpaired) electrons. The van der Waals surface area contributed by atoms with E-state index in [0.29, 0.717) is 11.8 Å². The second kappa shape index (κ2) is 9.81. The molecule has 9 nitrogen and oxygen atoms in total. The van der Waals surface area contributed by atoms with Gasteiger partial charge in [-0.1, -0.05) is 18.6 Å². The standard InChI is InChI=1S/C26H35N7O2/c1-17-5-7-20(18(2)13-17)24-25(27-15-23(34)32-10-4-9-31(3)11-12-32)30-26(35)33(24)19-6-8-21-22(14-19)29-16-28-21/h6,8,13-14,16,18,20,24H,4-5,7,9-12,15H2,1-3H3,(H,28,29)(H,27,30,35). The number of benzene rings is 1. The van der Waals surface area contributed by atoms with E-state index in [4.69, 9.17) is 4.99 Å². The van der Waals surface area contributed by atoms with E-state index in [1.807, 2.05) is 28.0 Å². The number of fused-ring (bicyclic) bond motifs is 1. The predicted molar refractivity (Wildman–Crippen MR) is 138 cm³/mol. The number of likely N-dealkylation sites (N-methyl/N-ethyl adjacent to an activating group) is 1. The molecule has 3 aliphatic rings. The number of anilines is 1. The lowest BCUT2D eigenvalue weighted by Gasteiger charge is -2.36. The minimum Gasteiger partial charge on any atom is -0.345 e. The first-order valence-corrected chi connectivity index (χ1v) is 12.6. The van der Waals surface area contributed by atoms with Crippen LogP contribution >= 0.6 is 0 Å². The van der Waals surface area contributed by atoms with Gasteiger partial charge in [0.05, 0.1) is 23.4 Å². The zero-order chi connectivity index (χ0) is 24.5. The maximum atomic E-state index is 13.3. The second-order valence-corrected chi connectivity index (χ2v) is 10.2. The summed E-state index contributed by atoms with van der Waals surface area (Å²) >= 11 is 0. The molecule has 186 valence electrons. The van der Waals surface area contributed by atoms with Gasteiger partial charge in [-0.25, -0.2) is 9.78 Å². The Morgan fingerprint density at radius 2 is 2.09 bits per heavy atom. The van der Waals surface area contributed by atoms with E-state index in [1.165, 1.54) is 5.57 Å². The van der Waals surface area contributed by atoms with Gasteiger partial charge in [0.25, 0.3) is 0 Å². The highest BCUT2D eigenvalue weighted by atomic mass is 16.2. The molecule has 2 saturated heterocycles. The summed E-state index contributed by atoms with van der Waals surface area (Å²) in [5.41, 5.74) is 3.93. The summed E-state index contributed by atoms with van der Waals surface area (Å²) in [7, 11) is 2.09. The number of aliphatic imine (C=N–C) groups is 1. The summed E-state index contributed by atoms with van der Waals surface area (Å²) in [4.78, 5) is 44.5. The van der Waals surface area contributed by atoms with E-state index in [2.05, 4.69) is 47.2 Å². The quantitative estimate of drug-likeness (QED) is 0.662. The van der Waals surface area contributed by atoms with Crippen LogP contribution in [0.5, 0.6) is 0 Å². The van der Waals surface area contributed by atoms with Gasteiger partial charge in [0, 0.05) is 25.3 Å². The summed E-state index contributed by atoms with van der Waals surface area (Å²) in [6, 6.07) is 5.38. The third-order valence-electron chi connectivity index (χ3n) is 7.65. The number of allylic oxidation sites excluding steroid dienone is 2. The Hall–Kier alpha value is -3.20. The average molecular weight is 478 g/mol. The van der Waals surface area contributed by atoms with E-state index < -0.39 is 0 Å². The van der Waals surface area contributed by atoms with Crippen LogP contribution in [0.4, 0.5) is 10.5 Å². The topological polar surface area (TPSA) is 96.9 Å². The van der Waals surface area contributed by atoms with E-state index >= 15 is 0 Å². The first-order chi connectivity index (χ1) is 16.9. The van der Waals surface area contributed by atoms with Crippen LogP contribution in [-0.2, 0) is 4.79 Å². The smallest absolute Gasteiger partial charge is 0.327 e. The number of nitrogens with zero attached hydrogens (tertiary/aromatic N) is 5. The summed E-state index contributed by atoms with van der Waals surface area (Å²) in [6.45, 7) is 7.78. The van der Waals surface area contributed by atoms with Gasteiger partial charge in [0.2, 0.25) is 5.91 Å². The number of hydrogen-bond donors (Lipinski definition) is 2. The summed E-state index contributed by atoms with van der Waals surface area (Å²) in [6.07, 6.45) is 6.90. The number of urea groups is 1. The zero-order valence-corrected chi connectivity index (χ0v) is 20.8.